The van der Waals surface area contributed by atoms with E-state index in [2.05, 4.69) is 0 Å². The van der Waals surface area contributed by atoms with Crippen LogP contribution in [0.4, 0.5) is 0 Å². The number of carboxylic acids is 1. The van der Waals surface area contributed by atoms with Crippen LogP contribution in [0.25, 0.3) is 0 Å². The van der Waals surface area contributed by atoms with Crippen LogP contribution >= 0.6 is 0 Å². The summed E-state index contributed by atoms with van der Waals surface area (Å²) in [4.78, 5) is 13.0. The van der Waals surface area contributed by atoms with Gasteiger partial charge in [-0.1, -0.05) is 37.3 Å². The van der Waals surface area contributed by atoms with E-state index in [-0.39, 0.29) is 0 Å². The minimum absolute atomic E-state index is 0.499. The van der Waals surface area contributed by atoms with Crippen molar-refractivity contribution in [1.82, 2.24) is 0 Å². The number of carboxylic acid groups (broad SMARTS) is 1. The van der Waals surface area contributed by atoms with Gasteiger partial charge in [-0.2, -0.15) is 0 Å². The van der Waals surface area contributed by atoms with Crippen molar-refractivity contribution in [2.45, 2.75) is 35.5 Å². The molecule has 0 amide bonds. The van der Waals surface area contributed by atoms with Crippen LogP contribution in [0.5, 0.6) is 0 Å². The molecule has 1 aliphatic heterocycles. The Hall–Kier alpha value is -1.94. The smallest absolute Gasteiger partial charge is 0.310 e. The predicted molar refractivity (Wildman–Crippen MR) is 81.0 cm³/mol. The number of fused-ring (bicyclic) bond motifs is 2. The second-order valence-electron chi connectivity index (χ2n) is 5.22. The molecule has 2 atom stereocenters. The molecule has 2 aromatic carbocycles. The van der Waals surface area contributed by atoms with Crippen molar-refractivity contribution < 1.29 is 14.1 Å². The van der Waals surface area contributed by atoms with Gasteiger partial charge in [0.05, 0.1) is 16.7 Å². The summed E-state index contributed by atoms with van der Waals surface area (Å²) in [5, 5.41) is 9.28. The molecule has 0 saturated heterocycles. The molecule has 0 bridgehead atoms. The third-order valence-electron chi connectivity index (χ3n) is 3.95. The Bertz CT molecular complexity index is 737. The molecule has 3 rings (SSSR count). The topological polar surface area (TPSA) is 54.4 Å². The molecule has 1 aliphatic rings. The van der Waals surface area contributed by atoms with E-state index in [0.717, 1.165) is 26.5 Å². The van der Waals surface area contributed by atoms with Crippen molar-refractivity contribution in [1.29, 1.82) is 0 Å². The van der Waals surface area contributed by atoms with Gasteiger partial charge >= 0.3 is 5.97 Å². The molecule has 0 spiro atoms. The quantitative estimate of drug-likeness (QED) is 0.807. The maximum atomic E-state index is 12.6. The molecule has 2 aromatic rings. The zero-order chi connectivity index (χ0) is 15.0. The number of hydrogen-bond donors (Lipinski definition) is 1. The van der Waals surface area contributed by atoms with Crippen molar-refractivity contribution in [3.63, 3.8) is 0 Å². The van der Waals surface area contributed by atoms with Crippen molar-refractivity contribution in [2.75, 3.05) is 0 Å². The first-order valence-electron chi connectivity index (χ1n) is 6.97. The summed E-state index contributed by atoms with van der Waals surface area (Å²) < 4.78 is 12.6. The normalized spacial score (nSPS) is 17.7. The highest BCUT2D eigenvalue weighted by atomic mass is 32.2. The van der Waals surface area contributed by atoms with Gasteiger partial charge in [0.15, 0.2) is 0 Å². The first kappa shape index (κ1) is 14.0. The molecule has 1 heterocycles. The molecule has 4 heteroatoms. The maximum absolute atomic E-state index is 12.6. The summed E-state index contributed by atoms with van der Waals surface area (Å²) in [7, 11) is -1.17. The average molecular weight is 300 g/mol. The van der Waals surface area contributed by atoms with Gasteiger partial charge in [-0.05, 0) is 41.7 Å². The van der Waals surface area contributed by atoms with Crippen molar-refractivity contribution in [2.24, 2.45) is 0 Å². The maximum Gasteiger partial charge on any atom is 0.310 e. The van der Waals surface area contributed by atoms with E-state index in [0.29, 0.717) is 12.8 Å². The second kappa shape index (κ2) is 5.45. The molecule has 1 N–H and O–H groups in total. The summed E-state index contributed by atoms with van der Waals surface area (Å²) in [5.41, 5.74) is 2.83. The first-order valence-corrected chi connectivity index (χ1v) is 8.12. The Morgan fingerprint density at radius 3 is 2.62 bits per heavy atom. The fourth-order valence-electron chi connectivity index (χ4n) is 2.84. The SMILES string of the molecule is CCC(C(=O)O)c1ccc2c(c1)Cc1ccccc1S2=O. The van der Waals surface area contributed by atoms with Gasteiger partial charge in [-0.3, -0.25) is 4.79 Å². The van der Waals surface area contributed by atoms with Gasteiger partial charge in [0.2, 0.25) is 0 Å². The van der Waals surface area contributed by atoms with Crippen LogP contribution in [0.2, 0.25) is 0 Å². The summed E-state index contributed by atoms with van der Waals surface area (Å²) in [6.45, 7) is 1.87. The molecule has 0 aliphatic carbocycles. The lowest BCUT2D eigenvalue weighted by Gasteiger charge is -2.20. The second-order valence-corrected chi connectivity index (χ2v) is 6.64. The fourth-order valence-corrected chi connectivity index (χ4v) is 4.22. The van der Waals surface area contributed by atoms with E-state index >= 15 is 0 Å². The van der Waals surface area contributed by atoms with Gasteiger partial charge in [0, 0.05) is 9.79 Å². The average Bonchev–Trinajstić information content (AvgIpc) is 2.47. The van der Waals surface area contributed by atoms with E-state index in [4.69, 9.17) is 0 Å². The highest BCUT2D eigenvalue weighted by Gasteiger charge is 2.24. The van der Waals surface area contributed by atoms with Crippen LogP contribution < -0.4 is 0 Å². The highest BCUT2D eigenvalue weighted by Crippen LogP contribution is 2.33. The lowest BCUT2D eigenvalue weighted by Crippen LogP contribution is -2.13. The number of aliphatic carboxylic acids is 1. The van der Waals surface area contributed by atoms with Gasteiger partial charge < -0.3 is 5.11 Å². The monoisotopic (exact) mass is 300 g/mol. The number of hydrogen-bond acceptors (Lipinski definition) is 2. The molecule has 0 radical (unpaired) electrons. The Kier molecular flexibility index (Phi) is 3.64. The number of benzene rings is 2. The zero-order valence-corrected chi connectivity index (χ0v) is 12.5. The minimum atomic E-state index is -1.17. The third kappa shape index (κ3) is 2.40. The van der Waals surface area contributed by atoms with Crippen LogP contribution in [0, 0.1) is 0 Å². The molecule has 108 valence electrons. The lowest BCUT2D eigenvalue weighted by molar-refractivity contribution is -0.138. The first-order chi connectivity index (χ1) is 10.1. The van der Waals surface area contributed by atoms with E-state index in [1.54, 1.807) is 6.07 Å². The van der Waals surface area contributed by atoms with Crippen LogP contribution in [0.3, 0.4) is 0 Å². The molecule has 0 aromatic heterocycles. The summed E-state index contributed by atoms with van der Waals surface area (Å²) in [6.07, 6.45) is 1.26. The molecular weight excluding hydrogens is 284 g/mol. The van der Waals surface area contributed by atoms with Crippen molar-refractivity contribution in [3.8, 4) is 0 Å². The zero-order valence-electron chi connectivity index (χ0n) is 11.7. The summed E-state index contributed by atoms with van der Waals surface area (Å²) >= 11 is 0. The van der Waals surface area contributed by atoms with Crippen molar-refractivity contribution >= 4 is 16.8 Å². The molecule has 0 saturated carbocycles. The van der Waals surface area contributed by atoms with Crippen LogP contribution in [0.1, 0.15) is 36.0 Å². The molecule has 21 heavy (non-hydrogen) atoms. The molecular formula is C17H16O3S. The summed E-state index contributed by atoms with van der Waals surface area (Å²) in [5.74, 6) is -1.31. The Morgan fingerprint density at radius 2 is 1.90 bits per heavy atom. The summed E-state index contributed by atoms with van der Waals surface area (Å²) in [6, 6.07) is 13.2. The Balaban J connectivity index is 2.06. The van der Waals surface area contributed by atoms with E-state index in [9.17, 15) is 14.1 Å². The molecule has 2 unspecified atom stereocenters. The fraction of sp³-hybridized carbons (Fsp3) is 0.235. The van der Waals surface area contributed by atoms with Gasteiger partial charge in [0.25, 0.3) is 0 Å². The van der Waals surface area contributed by atoms with Crippen LogP contribution in [-0.2, 0) is 22.0 Å². The molecule has 3 nitrogen and oxygen atoms in total. The predicted octanol–water partition coefficient (Wildman–Crippen LogP) is 3.34. The van der Waals surface area contributed by atoms with E-state index in [1.165, 1.54) is 0 Å². The lowest BCUT2D eigenvalue weighted by atomic mass is 9.93. The van der Waals surface area contributed by atoms with E-state index in [1.807, 2.05) is 43.3 Å². The standard InChI is InChI=1S/C17H16O3S/c1-2-14(17(18)19)11-7-8-16-13(9-11)10-12-5-3-4-6-15(12)21(16)20/h3-9,14H,2,10H2,1H3,(H,18,19). The van der Waals surface area contributed by atoms with Crippen LogP contribution in [-0.4, -0.2) is 15.3 Å². The Morgan fingerprint density at radius 1 is 1.19 bits per heavy atom. The highest BCUT2D eigenvalue weighted by molar-refractivity contribution is 7.85. The Labute approximate surface area is 126 Å². The van der Waals surface area contributed by atoms with Crippen molar-refractivity contribution in [3.05, 3.63) is 59.2 Å². The largest absolute Gasteiger partial charge is 0.481 e. The minimum Gasteiger partial charge on any atom is -0.481 e. The van der Waals surface area contributed by atoms with E-state index < -0.39 is 22.7 Å². The van der Waals surface area contributed by atoms with Gasteiger partial charge in [-0.25, -0.2) is 4.21 Å². The third-order valence-corrected chi connectivity index (χ3v) is 5.54. The molecule has 0 fully saturated rings. The van der Waals surface area contributed by atoms with Gasteiger partial charge in [-0.15, -0.1) is 0 Å². The number of carbonyl (C=O) groups is 1. The van der Waals surface area contributed by atoms with Gasteiger partial charge in [0.1, 0.15) is 0 Å². The van der Waals surface area contributed by atoms with Crippen LogP contribution in [0.15, 0.2) is 52.3 Å². The number of rotatable bonds is 3.